The van der Waals surface area contributed by atoms with Crippen molar-refractivity contribution in [3.63, 3.8) is 0 Å². The molecular weight excluding hydrogens is 316 g/mol. The molecular formula is C20H14N2O3. The van der Waals surface area contributed by atoms with Gasteiger partial charge in [0.2, 0.25) is 5.78 Å². The van der Waals surface area contributed by atoms with E-state index in [4.69, 9.17) is 4.74 Å². The molecule has 1 N–H and O–H groups in total. The first kappa shape index (κ1) is 16.2. The molecule has 0 aliphatic heterocycles. The van der Waals surface area contributed by atoms with E-state index in [2.05, 4.69) is 11.1 Å². The maximum Gasteiger partial charge on any atom is 0.339 e. The molecule has 0 aliphatic rings. The van der Waals surface area contributed by atoms with E-state index >= 15 is 0 Å². The van der Waals surface area contributed by atoms with Crippen molar-refractivity contribution in [3.8, 4) is 17.2 Å². The van der Waals surface area contributed by atoms with Gasteiger partial charge in [-0.3, -0.25) is 4.79 Å². The number of benzene rings is 2. The molecule has 0 bridgehead atoms. The van der Waals surface area contributed by atoms with E-state index in [1.807, 2.05) is 0 Å². The smallest absolute Gasteiger partial charge is 0.339 e. The Hall–Kier alpha value is -3.65. The molecule has 0 saturated heterocycles. The summed E-state index contributed by atoms with van der Waals surface area (Å²) >= 11 is 0. The normalized spacial score (nSPS) is 10.0. The number of esters is 1. The lowest BCUT2D eigenvalue weighted by molar-refractivity contribution is 0.0474. The first-order valence-electron chi connectivity index (χ1n) is 7.63. The van der Waals surface area contributed by atoms with Gasteiger partial charge >= 0.3 is 5.97 Å². The van der Waals surface area contributed by atoms with E-state index in [0.29, 0.717) is 27.9 Å². The third kappa shape index (κ3) is 3.48. The van der Waals surface area contributed by atoms with Crippen LogP contribution in [-0.2, 0) is 4.74 Å². The summed E-state index contributed by atoms with van der Waals surface area (Å²) in [7, 11) is 0. The standard InChI is InChI=1S/C20H14N2O3/c21-12-14-6-1-2-7-15(14)16-8-3-4-9-17(16)20(24)25-13-19(23)18-10-5-11-22-18/h1-11,22H,13H2. The van der Waals surface area contributed by atoms with Crippen LogP contribution >= 0.6 is 0 Å². The van der Waals surface area contributed by atoms with Crippen LogP contribution in [0, 0.1) is 11.3 Å². The van der Waals surface area contributed by atoms with Gasteiger partial charge in [0.25, 0.3) is 0 Å². The van der Waals surface area contributed by atoms with E-state index in [9.17, 15) is 14.9 Å². The lowest BCUT2D eigenvalue weighted by Gasteiger charge is -2.10. The summed E-state index contributed by atoms with van der Waals surface area (Å²) in [4.78, 5) is 27.2. The summed E-state index contributed by atoms with van der Waals surface area (Å²) in [5.74, 6) is -0.920. The highest BCUT2D eigenvalue weighted by atomic mass is 16.5. The number of aromatic amines is 1. The lowest BCUT2D eigenvalue weighted by atomic mass is 9.96. The number of ether oxygens (including phenoxy) is 1. The average Bonchev–Trinajstić information content (AvgIpc) is 3.20. The number of H-pyrrole nitrogens is 1. The minimum absolute atomic E-state index is 0.310. The second-order valence-corrected chi connectivity index (χ2v) is 5.29. The van der Waals surface area contributed by atoms with Crippen molar-refractivity contribution in [2.75, 3.05) is 6.61 Å². The van der Waals surface area contributed by atoms with Crippen LogP contribution in [0.1, 0.15) is 26.4 Å². The maximum absolute atomic E-state index is 12.4. The Labute approximate surface area is 144 Å². The van der Waals surface area contributed by atoms with Gasteiger partial charge in [-0.15, -0.1) is 0 Å². The fourth-order valence-electron chi connectivity index (χ4n) is 2.50. The van der Waals surface area contributed by atoms with Crippen molar-refractivity contribution >= 4 is 11.8 Å². The number of hydrogen-bond acceptors (Lipinski definition) is 4. The molecule has 2 aromatic carbocycles. The second kappa shape index (κ2) is 7.28. The van der Waals surface area contributed by atoms with Crippen LogP contribution in [0.4, 0.5) is 0 Å². The Balaban J connectivity index is 1.84. The number of rotatable bonds is 5. The number of nitrogens with one attached hydrogen (secondary N) is 1. The van der Waals surface area contributed by atoms with Gasteiger partial charge in [0, 0.05) is 11.8 Å². The summed E-state index contributed by atoms with van der Waals surface area (Å²) in [6, 6.07) is 19.3. The lowest BCUT2D eigenvalue weighted by Crippen LogP contribution is -2.15. The zero-order chi connectivity index (χ0) is 17.6. The molecule has 0 aliphatic carbocycles. The molecule has 122 valence electrons. The van der Waals surface area contributed by atoms with Crippen LogP contribution in [0.5, 0.6) is 0 Å². The molecule has 1 heterocycles. The molecule has 5 heteroatoms. The Morgan fingerprint density at radius 2 is 1.68 bits per heavy atom. The third-order valence-corrected chi connectivity index (χ3v) is 3.72. The second-order valence-electron chi connectivity index (χ2n) is 5.29. The highest BCUT2D eigenvalue weighted by Crippen LogP contribution is 2.27. The van der Waals surface area contributed by atoms with Gasteiger partial charge in [0.1, 0.15) is 0 Å². The third-order valence-electron chi connectivity index (χ3n) is 3.72. The first-order valence-corrected chi connectivity index (χ1v) is 7.63. The molecule has 3 aromatic rings. The van der Waals surface area contributed by atoms with E-state index in [-0.39, 0.29) is 12.4 Å². The van der Waals surface area contributed by atoms with E-state index in [1.54, 1.807) is 66.9 Å². The highest BCUT2D eigenvalue weighted by Gasteiger charge is 2.17. The van der Waals surface area contributed by atoms with Crippen molar-refractivity contribution < 1.29 is 14.3 Å². The number of hydrogen-bond donors (Lipinski definition) is 1. The Morgan fingerprint density at radius 3 is 2.40 bits per heavy atom. The fourth-order valence-corrected chi connectivity index (χ4v) is 2.50. The van der Waals surface area contributed by atoms with Crippen molar-refractivity contribution in [1.29, 1.82) is 5.26 Å². The molecule has 0 saturated carbocycles. The number of aromatic nitrogens is 1. The minimum atomic E-state index is -0.608. The maximum atomic E-state index is 12.4. The number of ketones is 1. The molecule has 3 rings (SSSR count). The van der Waals surface area contributed by atoms with Crippen molar-refractivity contribution in [1.82, 2.24) is 4.98 Å². The molecule has 0 unspecified atom stereocenters. The summed E-state index contributed by atoms with van der Waals surface area (Å²) < 4.78 is 5.16. The predicted molar refractivity (Wildman–Crippen MR) is 92.0 cm³/mol. The summed E-state index contributed by atoms with van der Waals surface area (Å²) in [6.45, 7) is -0.354. The first-order chi connectivity index (χ1) is 12.2. The number of carbonyl (C=O) groups excluding carboxylic acids is 2. The molecule has 0 spiro atoms. The summed E-state index contributed by atoms with van der Waals surface area (Å²) in [5, 5.41) is 9.28. The number of carbonyl (C=O) groups is 2. The molecule has 0 amide bonds. The van der Waals surface area contributed by atoms with Gasteiger partial charge in [-0.1, -0.05) is 36.4 Å². The summed E-state index contributed by atoms with van der Waals surface area (Å²) in [5.41, 5.74) is 2.40. The molecule has 0 radical (unpaired) electrons. The Kier molecular flexibility index (Phi) is 4.72. The summed E-state index contributed by atoms with van der Waals surface area (Å²) in [6.07, 6.45) is 1.63. The average molecular weight is 330 g/mol. The van der Waals surface area contributed by atoms with Gasteiger partial charge < -0.3 is 9.72 Å². The van der Waals surface area contributed by atoms with Crippen LogP contribution in [0.25, 0.3) is 11.1 Å². The van der Waals surface area contributed by atoms with Crippen molar-refractivity contribution in [2.45, 2.75) is 0 Å². The molecule has 5 nitrogen and oxygen atoms in total. The van der Waals surface area contributed by atoms with Crippen LogP contribution in [0.2, 0.25) is 0 Å². The van der Waals surface area contributed by atoms with E-state index < -0.39 is 5.97 Å². The SMILES string of the molecule is N#Cc1ccccc1-c1ccccc1C(=O)OCC(=O)c1ccc[nH]1. The molecule has 0 atom stereocenters. The number of Topliss-reactive ketones (excluding diaryl/α,β-unsaturated/α-hetero) is 1. The fraction of sp³-hybridized carbons (Fsp3) is 0.0500. The van der Waals surface area contributed by atoms with Gasteiger partial charge in [0.05, 0.1) is 22.9 Å². The van der Waals surface area contributed by atoms with Crippen LogP contribution in [0.15, 0.2) is 66.9 Å². The highest BCUT2D eigenvalue weighted by molar-refractivity contribution is 6.01. The van der Waals surface area contributed by atoms with Crippen molar-refractivity contribution in [3.05, 3.63) is 83.7 Å². The van der Waals surface area contributed by atoms with Gasteiger partial charge in [-0.25, -0.2) is 4.79 Å². The zero-order valence-corrected chi connectivity index (χ0v) is 13.2. The Bertz CT molecular complexity index is 953. The van der Waals surface area contributed by atoms with Crippen LogP contribution < -0.4 is 0 Å². The predicted octanol–water partition coefficient (Wildman–Crippen LogP) is 3.59. The van der Waals surface area contributed by atoms with E-state index in [1.165, 1.54) is 0 Å². The topological polar surface area (TPSA) is 82.9 Å². The number of nitrogens with zero attached hydrogens (tertiary/aromatic N) is 1. The largest absolute Gasteiger partial charge is 0.454 e. The van der Waals surface area contributed by atoms with Gasteiger partial charge in [-0.05, 0) is 29.8 Å². The minimum Gasteiger partial charge on any atom is -0.454 e. The zero-order valence-electron chi connectivity index (χ0n) is 13.2. The van der Waals surface area contributed by atoms with E-state index in [0.717, 1.165) is 0 Å². The van der Waals surface area contributed by atoms with Crippen LogP contribution in [0.3, 0.4) is 0 Å². The van der Waals surface area contributed by atoms with Crippen LogP contribution in [-0.4, -0.2) is 23.3 Å². The van der Waals surface area contributed by atoms with Crippen molar-refractivity contribution in [2.24, 2.45) is 0 Å². The Morgan fingerprint density at radius 1 is 0.960 bits per heavy atom. The van der Waals surface area contributed by atoms with Gasteiger partial charge in [0.15, 0.2) is 6.61 Å². The molecule has 25 heavy (non-hydrogen) atoms. The van der Waals surface area contributed by atoms with Gasteiger partial charge in [-0.2, -0.15) is 5.26 Å². The molecule has 1 aromatic heterocycles. The quantitative estimate of drug-likeness (QED) is 0.572. The monoisotopic (exact) mass is 330 g/mol. The number of nitriles is 1. The molecule has 0 fully saturated rings.